The van der Waals surface area contributed by atoms with E-state index in [1.165, 1.54) is 17.7 Å². The number of hydrogen-bond donors (Lipinski definition) is 2. The van der Waals surface area contributed by atoms with E-state index < -0.39 is 5.97 Å². The number of nitrogens with one attached hydrogen (secondary N) is 1. The summed E-state index contributed by atoms with van der Waals surface area (Å²) in [7, 11) is 0. The normalized spacial score (nSPS) is 10.6. The molecule has 0 fully saturated rings. The van der Waals surface area contributed by atoms with Gasteiger partial charge in [-0.1, -0.05) is 6.92 Å². The van der Waals surface area contributed by atoms with Gasteiger partial charge in [-0.2, -0.15) is 0 Å². The molecule has 2 heterocycles. The summed E-state index contributed by atoms with van der Waals surface area (Å²) in [6, 6.07) is 0. The quantitative estimate of drug-likeness (QED) is 0.852. The molecule has 2 N–H and O–H groups in total. The summed E-state index contributed by atoms with van der Waals surface area (Å²) in [6.07, 6.45) is 2.38. The molecule has 0 saturated carbocycles. The van der Waals surface area contributed by atoms with Gasteiger partial charge in [0.05, 0.1) is 10.3 Å². The van der Waals surface area contributed by atoms with Gasteiger partial charge in [0.2, 0.25) is 0 Å². The first kappa shape index (κ1) is 10.8. The van der Waals surface area contributed by atoms with Gasteiger partial charge in [-0.25, -0.2) is 14.8 Å². The van der Waals surface area contributed by atoms with E-state index in [1.807, 2.05) is 0 Å². The molecule has 0 aliphatic carbocycles. The van der Waals surface area contributed by atoms with Gasteiger partial charge in [-0.05, 0) is 6.42 Å². The molecule has 16 heavy (non-hydrogen) atoms. The van der Waals surface area contributed by atoms with E-state index >= 15 is 0 Å². The summed E-state index contributed by atoms with van der Waals surface area (Å²) >= 11 is 1.35. The fourth-order valence-corrected chi connectivity index (χ4v) is 2.33. The number of anilines is 1. The van der Waals surface area contributed by atoms with E-state index in [4.69, 9.17) is 5.11 Å². The average Bonchev–Trinajstić information content (AvgIpc) is 2.70. The Bertz CT molecular complexity index is 524. The van der Waals surface area contributed by atoms with E-state index in [9.17, 15) is 4.79 Å². The Balaban J connectivity index is 2.49. The number of fused-ring (bicyclic) bond motifs is 1. The molecule has 0 aliphatic heterocycles. The van der Waals surface area contributed by atoms with Crippen LogP contribution in [0.1, 0.15) is 23.7 Å². The van der Waals surface area contributed by atoms with Crippen LogP contribution in [-0.4, -0.2) is 27.6 Å². The predicted octanol–water partition coefficient (Wildman–Crippen LogP) is 2.21. The monoisotopic (exact) mass is 237 g/mol. The molecule has 0 saturated heterocycles. The maximum absolute atomic E-state index is 10.9. The maximum atomic E-state index is 10.9. The zero-order valence-corrected chi connectivity index (χ0v) is 9.54. The second kappa shape index (κ2) is 4.44. The zero-order chi connectivity index (χ0) is 11.5. The minimum Gasteiger partial charge on any atom is -0.478 e. The molecule has 0 aliphatic rings. The van der Waals surface area contributed by atoms with E-state index in [0.29, 0.717) is 11.3 Å². The van der Waals surface area contributed by atoms with Crippen molar-refractivity contribution in [3.8, 4) is 0 Å². The third-order valence-corrected chi connectivity index (χ3v) is 3.10. The Hall–Kier alpha value is -1.69. The summed E-state index contributed by atoms with van der Waals surface area (Å²) in [5.41, 5.74) is 0.744. The van der Waals surface area contributed by atoms with Crippen molar-refractivity contribution in [2.24, 2.45) is 0 Å². The van der Waals surface area contributed by atoms with Crippen molar-refractivity contribution in [2.75, 3.05) is 11.9 Å². The van der Waals surface area contributed by atoms with Crippen molar-refractivity contribution >= 4 is 33.3 Å². The molecule has 2 aromatic rings. The number of aromatic carboxylic acids is 1. The van der Waals surface area contributed by atoms with Crippen LogP contribution in [0.15, 0.2) is 11.7 Å². The number of hydrogen-bond acceptors (Lipinski definition) is 5. The first-order valence-electron chi connectivity index (χ1n) is 4.93. The van der Waals surface area contributed by atoms with Crippen LogP contribution < -0.4 is 5.32 Å². The lowest BCUT2D eigenvalue weighted by molar-refractivity contribution is 0.0699. The second-order valence-corrected chi connectivity index (χ2v) is 4.16. The molecule has 6 heteroatoms. The van der Waals surface area contributed by atoms with E-state index in [1.54, 1.807) is 5.38 Å². The van der Waals surface area contributed by atoms with Crippen molar-refractivity contribution in [1.29, 1.82) is 0 Å². The first-order valence-corrected chi connectivity index (χ1v) is 5.81. The topological polar surface area (TPSA) is 75.1 Å². The summed E-state index contributed by atoms with van der Waals surface area (Å²) in [6.45, 7) is 2.87. The molecule has 2 rings (SSSR count). The van der Waals surface area contributed by atoms with E-state index in [0.717, 1.165) is 17.7 Å². The van der Waals surface area contributed by atoms with Crippen molar-refractivity contribution in [3.05, 3.63) is 17.3 Å². The third-order valence-electron chi connectivity index (χ3n) is 2.13. The fraction of sp³-hybridized carbons (Fsp3) is 0.300. The van der Waals surface area contributed by atoms with Gasteiger partial charge in [-0.15, -0.1) is 11.3 Å². The molecule has 0 aromatic carbocycles. The number of carbonyl (C=O) groups is 1. The fourth-order valence-electron chi connectivity index (χ4n) is 1.37. The van der Waals surface area contributed by atoms with Crippen LogP contribution in [0.5, 0.6) is 0 Å². The molecular weight excluding hydrogens is 226 g/mol. The molecule has 84 valence electrons. The molecule has 5 nitrogen and oxygen atoms in total. The molecule has 0 spiro atoms. The Morgan fingerprint density at radius 1 is 1.56 bits per heavy atom. The van der Waals surface area contributed by atoms with Gasteiger partial charge < -0.3 is 10.4 Å². The molecule has 0 amide bonds. The highest BCUT2D eigenvalue weighted by molar-refractivity contribution is 7.18. The van der Waals surface area contributed by atoms with Crippen LogP contribution in [0, 0.1) is 0 Å². The molecular formula is C10H11N3O2S. The summed E-state index contributed by atoms with van der Waals surface area (Å²) in [5.74, 6) is -0.240. The summed E-state index contributed by atoms with van der Waals surface area (Å²) in [5, 5.41) is 13.7. The van der Waals surface area contributed by atoms with E-state index in [-0.39, 0.29) is 5.56 Å². The van der Waals surface area contributed by atoms with E-state index in [2.05, 4.69) is 22.2 Å². The van der Waals surface area contributed by atoms with Crippen molar-refractivity contribution in [1.82, 2.24) is 9.97 Å². The average molecular weight is 237 g/mol. The molecule has 0 unspecified atom stereocenters. The van der Waals surface area contributed by atoms with Gasteiger partial charge in [0.15, 0.2) is 0 Å². The van der Waals surface area contributed by atoms with Gasteiger partial charge in [0.25, 0.3) is 0 Å². The highest BCUT2D eigenvalue weighted by atomic mass is 32.1. The van der Waals surface area contributed by atoms with Gasteiger partial charge in [-0.3, -0.25) is 0 Å². The van der Waals surface area contributed by atoms with Crippen LogP contribution in [0.3, 0.4) is 0 Å². The minimum atomic E-state index is -0.952. The molecule has 0 atom stereocenters. The largest absolute Gasteiger partial charge is 0.478 e. The third kappa shape index (κ3) is 1.83. The number of carboxylic acid groups (broad SMARTS) is 1. The van der Waals surface area contributed by atoms with Crippen LogP contribution in [0.2, 0.25) is 0 Å². The molecule has 2 aromatic heterocycles. The first-order chi connectivity index (χ1) is 7.74. The van der Waals surface area contributed by atoms with Crippen molar-refractivity contribution < 1.29 is 9.90 Å². The Morgan fingerprint density at radius 2 is 2.38 bits per heavy atom. The summed E-state index contributed by atoms with van der Waals surface area (Å²) < 4.78 is 0.799. The number of rotatable bonds is 4. The number of carboxylic acids is 1. The summed E-state index contributed by atoms with van der Waals surface area (Å²) in [4.78, 5) is 19.0. The molecule has 0 radical (unpaired) electrons. The van der Waals surface area contributed by atoms with Crippen LogP contribution in [0.25, 0.3) is 10.2 Å². The number of thiophene rings is 1. The highest BCUT2D eigenvalue weighted by Crippen LogP contribution is 2.28. The van der Waals surface area contributed by atoms with Crippen molar-refractivity contribution in [3.63, 3.8) is 0 Å². The second-order valence-electron chi connectivity index (χ2n) is 3.28. The van der Waals surface area contributed by atoms with Gasteiger partial charge >= 0.3 is 5.97 Å². The Morgan fingerprint density at radius 3 is 3.06 bits per heavy atom. The Kier molecular flexibility index (Phi) is 3.00. The maximum Gasteiger partial charge on any atom is 0.338 e. The number of nitrogens with zero attached hydrogens (tertiary/aromatic N) is 2. The Labute approximate surface area is 96.2 Å². The zero-order valence-electron chi connectivity index (χ0n) is 8.73. The van der Waals surface area contributed by atoms with Gasteiger partial charge in [0.1, 0.15) is 17.7 Å². The van der Waals surface area contributed by atoms with Crippen LogP contribution in [0.4, 0.5) is 5.82 Å². The number of aromatic nitrogens is 2. The minimum absolute atomic E-state index is 0.238. The van der Waals surface area contributed by atoms with Crippen LogP contribution in [-0.2, 0) is 0 Å². The standard InChI is InChI=1S/C10H11N3O2S/c1-2-3-11-9-8-7(12-5-13-9)6(4-16-8)10(14)15/h4-5H,2-3H2,1H3,(H,14,15)(H,11,12,13). The lowest BCUT2D eigenvalue weighted by atomic mass is 10.3. The lowest BCUT2D eigenvalue weighted by Gasteiger charge is -2.03. The SMILES string of the molecule is CCCNc1ncnc2c(C(=O)O)csc12. The molecule has 0 bridgehead atoms. The van der Waals surface area contributed by atoms with Gasteiger partial charge in [0, 0.05) is 11.9 Å². The van der Waals surface area contributed by atoms with Crippen LogP contribution >= 0.6 is 11.3 Å². The lowest BCUT2D eigenvalue weighted by Crippen LogP contribution is -2.02. The van der Waals surface area contributed by atoms with Crippen molar-refractivity contribution in [2.45, 2.75) is 13.3 Å². The highest BCUT2D eigenvalue weighted by Gasteiger charge is 2.14. The predicted molar refractivity (Wildman–Crippen MR) is 63.2 cm³/mol. The smallest absolute Gasteiger partial charge is 0.338 e.